The van der Waals surface area contributed by atoms with Crippen LogP contribution in [0.25, 0.3) is 0 Å². The van der Waals surface area contributed by atoms with Gasteiger partial charge in [-0.05, 0) is 36.5 Å². The minimum absolute atomic E-state index is 0.239. The van der Waals surface area contributed by atoms with Gasteiger partial charge >= 0.3 is 6.09 Å². The third kappa shape index (κ3) is 3.70. The first-order valence-electron chi connectivity index (χ1n) is 6.86. The summed E-state index contributed by atoms with van der Waals surface area (Å²) < 4.78 is 5.34. The molecule has 0 radical (unpaired) electrons. The summed E-state index contributed by atoms with van der Waals surface area (Å²) in [5.74, 6) is 0.351. The molecule has 1 aliphatic carbocycles. The van der Waals surface area contributed by atoms with Gasteiger partial charge in [0, 0.05) is 18.3 Å². The Labute approximate surface area is 114 Å². The molecule has 4 heteroatoms. The average molecular weight is 262 g/mol. The van der Waals surface area contributed by atoms with Gasteiger partial charge in [0.1, 0.15) is 0 Å². The van der Waals surface area contributed by atoms with Crippen LogP contribution in [0.2, 0.25) is 0 Å². The van der Waals surface area contributed by atoms with E-state index in [4.69, 9.17) is 10.5 Å². The lowest BCUT2D eigenvalue weighted by atomic mass is 10.2. The number of anilines is 1. The quantitative estimate of drug-likeness (QED) is 0.887. The minimum Gasteiger partial charge on any atom is -0.449 e. The zero-order valence-corrected chi connectivity index (χ0v) is 11.6. The van der Waals surface area contributed by atoms with Crippen LogP contribution in [0, 0.1) is 5.92 Å². The first-order valence-corrected chi connectivity index (χ1v) is 6.86. The Morgan fingerprint density at radius 1 is 1.37 bits per heavy atom. The molecule has 0 aromatic heterocycles. The van der Waals surface area contributed by atoms with Crippen molar-refractivity contribution in [3.8, 4) is 0 Å². The molecule has 19 heavy (non-hydrogen) atoms. The summed E-state index contributed by atoms with van der Waals surface area (Å²) in [5.41, 5.74) is 7.55. The molecule has 1 amide bonds. The van der Waals surface area contributed by atoms with Gasteiger partial charge in [-0.25, -0.2) is 4.79 Å². The van der Waals surface area contributed by atoms with Crippen molar-refractivity contribution < 1.29 is 9.53 Å². The maximum atomic E-state index is 12.2. The number of rotatable bonds is 5. The van der Waals surface area contributed by atoms with Crippen LogP contribution in [-0.2, 0) is 11.3 Å². The minimum atomic E-state index is -0.239. The number of carbonyl (C=O) groups is 1. The van der Waals surface area contributed by atoms with E-state index >= 15 is 0 Å². The second kappa shape index (κ2) is 6.06. The molecule has 0 saturated heterocycles. The average Bonchev–Trinajstić information content (AvgIpc) is 3.22. The number of nitrogens with zero attached hydrogens (tertiary/aromatic N) is 1. The van der Waals surface area contributed by atoms with Crippen LogP contribution in [0.15, 0.2) is 24.3 Å². The molecule has 1 aromatic rings. The molecule has 0 atom stereocenters. The molecule has 0 bridgehead atoms. The topological polar surface area (TPSA) is 55.6 Å². The second-order valence-corrected chi connectivity index (χ2v) is 5.44. The fourth-order valence-electron chi connectivity index (χ4n) is 1.90. The van der Waals surface area contributed by atoms with Crippen LogP contribution in [0.3, 0.4) is 0 Å². The molecule has 2 rings (SSSR count). The molecule has 2 N–H and O–H groups in total. The normalized spacial score (nSPS) is 14.5. The maximum Gasteiger partial charge on any atom is 0.414 e. The van der Waals surface area contributed by atoms with E-state index in [-0.39, 0.29) is 6.09 Å². The van der Waals surface area contributed by atoms with Gasteiger partial charge in [-0.2, -0.15) is 0 Å². The van der Waals surface area contributed by atoms with Crippen molar-refractivity contribution >= 4 is 11.8 Å². The van der Waals surface area contributed by atoms with E-state index in [2.05, 4.69) is 0 Å². The number of carbonyl (C=O) groups excluding carboxylic acids is 1. The Kier molecular flexibility index (Phi) is 4.43. The van der Waals surface area contributed by atoms with E-state index < -0.39 is 0 Å². The lowest BCUT2D eigenvalue weighted by molar-refractivity contribution is 0.139. The van der Waals surface area contributed by atoms with Gasteiger partial charge in [0.15, 0.2) is 0 Å². The molecule has 1 saturated carbocycles. The van der Waals surface area contributed by atoms with Crippen LogP contribution >= 0.6 is 0 Å². The van der Waals surface area contributed by atoms with Crippen LogP contribution in [-0.4, -0.2) is 18.7 Å². The van der Waals surface area contributed by atoms with Crippen LogP contribution in [0.1, 0.15) is 32.3 Å². The van der Waals surface area contributed by atoms with E-state index in [9.17, 15) is 4.79 Å². The molecular formula is C15H22N2O2. The summed E-state index contributed by atoms with van der Waals surface area (Å²) in [6, 6.07) is 8.10. The van der Waals surface area contributed by atoms with Crippen LogP contribution < -0.4 is 10.6 Å². The Morgan fingerprint density at radius 2 is 2.00 bits per heavy atom. The molecular weight excluding hydrogens is 240 g/mol. The van der Waals surface area contributed by atoms with Gasteiger partial charge in [0.25, 0.3) is 0 Å². The lowest BCUT2D eigenvalue weighted by Gasteiger charge is -2.22. The van der Waals surface area contributed by atoms with Gasteiger partial charge in [-0.15, -0.1) is 0 Å². The van der Waals surface area contributed by atoms with Crippen molar-refractivity contribution in [2.45, 2.75) is 39.3 Å². The van der Waals surface area contributed by atoms with Crippen LogP contribution in [0.4, 0.5) is 10.5 Å². The summed E-state index contributed by atoms with van der Waals surface area (Å²) in [5, 5.41) is 0. The highest BCUT2D eigenvalue weighted by Crippen LogP contribution is 2.32. The van der Waals surface area contributed by atoms with Gasteiger partial charge < -0.3 is 10.5 Å². The zero-order valence-electron chi connectivity index (χ0n) is 11.6. The van der Waals surface area contributed by atoms with Crippen molar-refractivity contribution in [2.75, 3.05) is 11.5 Å². The molecule has 0 aliphatic heterocycles. The molecule has 1 aliphatic rings. The van der Waals surface area contributed by atoms with Gasteiger partial charge in [0.2, 0.25) is 0 Å². The predicted molar refractivity (Wildman–Crippen MR) is 76.0 cm³/mol. The van der Waals surface area contributed by atoms with Gasteiger partial charge in [-0.1, -0.05) is 26.0 Å². The van der Waals surface area contributed by atoms with E-state index in [0.29, 0.717) is 25.1 Å². The van der Waals surface area contributed by atoms with Gasteiger partial charge in [-0.3, -0.25) is 4.90 Å². The highest BCUT2D eigenvalue weighted by molar-refractivity contribution is 5.88. The summed E-state index contributed by atoms with van der Waals surface area (Å²) in [4.78, 5) is 13.9. The smallest absolute Gasteiger partial charge is 0.414 e. The Hall–Kier alpha value is -1.55. The third-order valence-corrected chi connectivity index (χ3v) is 3.10. The molecule has 1 fully saturated rings. The molecule has 0 heterocycles. The number of benzene rings is 1. The Bertz CT molecular complexity index is 424. The van der Waals surface area contributed by atoms with Crippen molar-refractivity contribution in [2.24, 2.45) is 11.7 Å². The molecule has 1 aromatic carbocycles. The SMILES string of the molecule is CC(C)COC(=O)N(c1ccc(CN)cc1)C1CC1. The van der Waals surface area contributed by atoms with Crippen molar-refractivity contribution in [1.82, 2.24) is 0 Å². The summed E-state index contributed by atoms with van der Waals surface area (Å²) in [7, 11) is 0. The second-order valence-electron chi connectivity index (χ2n) is 5.44. The number of amides is 1. The number of nitrogens with two attached hydrogens (primary N) is 1. The number of hydrogen-bond donors (Lipinski definition) is 1. The summed E-state index contributed by atoms with van der Waals surface area (Å²) in [6.45, 7) is 5.04. The van der Waals surface area contributed by atoms with Crippen molar-refractivity contribution in [3.63, 3.8) is 0 Å². The van der Waals surface area contributed by atoms with Crippen molar-refractivity contribution in [3.05, 3.63) is 29.8 Å². The Balaban J connectivity index is 2.08. The summed E-state index contributed by atoms with van der Waals surface area (Å²) >= 11 is 0. The van der Waals surface area contributed by atoms with Crippen molar-refractivity contribution in [1.29, 1.82) is 0 Å². The molecule has 104 valence electrons. The highest BCUT2D eigenvalue weighted by atomic mass is 16.6. The Morgan fingerprint density at radius 3 is 2.47 bits per heavy atom. The van der Waals surface area contributed by atoms with E-state index in [1.807, 2.05) is 38.1 Å². The largest absolute Gasteiger partial charge is 0.449 e. The standard InChI is InChI=1S/C15H22N2O2/c1-11(2)10-19-15(18)17(14-7-8-14)13-5-3-12(9-16)4-6-13/h3-6,11,14H,7-10,16H2,1-2H3. The van der Waals surface area contributed by atoms with E-state index in [0.717, 1.165) is 24.1 Å². The fraction of sp³-hybridized carbons (Fsp3) is 0.533. The van der Waals surface area contributed by atoms with E-state index in [1.165, 1.54) is 0 Å². The first-order chi connectivity index (χ1) is 9.11. The number of ether oxygens (including phenoxy) is 1. The predicted octanol–water partition coefficient (Wildman–Crippen LogP) is 2.91. The van der Waals surface area contributed by atoms with Crippen LogP contribution in [0.5, 0.6) is 0 Å². The fourth-order valence-corrected chi connectivity index (χ4v) is 1.90. The number of hydrogen-bond acceptors (Lipinski definition) is 3. The maximum absolute atomic E-state index is 12.2. The lowest BCUT2D eigenvalue weighted by Crippen LogP contribution is -2.34. The molecule has 0 unspecified atom stereocenters. The zero-order chi connectivity index (χ0) is 13.8. The monoisotopic (exact) mass is 262 g/mol. The third-order valence-electron chi connectivity index (χ3n) is 3.10. The van der Waals surface area contributed by atoms with Gasteiger partial charge in [0.05, 0.1) is 6.61 Å². The highest BCUT2D eigenvalue weighted by Gasteiger charge is 2.34. The molecule has 4 nitrogen and oxygen atoms in total. The summed E-state index contributed by atoms with van der Waals surface area (Å²) in [6.07, 6.45) is 1.86. The molecule has 0 spiro atoms. The van der Waals surface area contributed by atoms with E-state index in [1.54, 1.807) is 4.90 Å². The first kappa shape index (κ1) is 13.9.